The van der Waals surface area contributed by atoms with Crippen molar-refractivity contribution in [3.63, 3.8) is 0 Å². The molecule has 2 N–H and O–H groups in total. The van der Waals surface area contributed by atoms with Gasteiger partial charge in [0.2, 0.25) is 11.8 Å². The maximum atomic E-state index is 11.9. The molecule has 3 rings (SSSR count). The maximum absolute atomic E-state index is 11.9. The van der Waals surface area contributed by atoms with Gasteiger partial charge in [0.25, 0.3) is 0 Å². The second-order valence-corrected chi connectivity index (χ2v) is 5.74. The maximum Gasteiger partial charge on any atom is 0.226 e. The summed E-state index contributed by atoms with van der Waals surface area (Å²) in [4.78, 5) is 25.5. The zero-order valence-electron chi connectivity index (χ0n) is 12.5. The summed E-state index contributed by atoms with van der Waals surface area (Å²) in [6.45, 7) is 2.91. The predicted molar refractivity (Wildman–Crippen MR) is 88.1 cm³/mol. The molecule has 2 aliphatic heterocycles. The van der Waals surface area contributed by atoms with E-state index in [1.165, 1.54) is 0 Å². The summed E-state index contributed by atoms with van der Waals surface area (Å²) >= 11 is 0. The molecule has 2 heterocycles. The van der Waals surface area contributed by atoms with E-state index in [0.717, 1.165) is 43.7 Å². The number of amides is 2. The summed E-state index contributed by atoms with van der Waals surface area (Å²) < 4.78 is 0. The van der Waals surface area contributed by atoms with Crippen LogP contribution in [0.3, 0.4) is 0 Å². The molecular weight excluding hydrogens is 302 g/mol. The van der Waals surface area contributed by atoms with Crippen molar-refractivity contribution in [2.75, 3.05) is 24.5 Å². The fourth-order valence-electron chi connectivity index (χ4n) is 2.68. The van der Waals surface area contributed by atoms with Gasteiger partial charge >= 0.3 is 0 Å². The summed E-state index contributed by atoms with van der Waals surface area (Å²) in [6.07, 6.45) is 2.71. The molecule has 0 aliphatic carbocycles. The van der Waals surface area contributed by atoms with Gasteiger partial charge in [-0.2, -0.15) is 0 Å². The van der Waals surface area contributed by atoms with Crippen LogP contribution in [0.5, 0.6) is 0 Å². The van der Waals surface area contributed by atoms with Crippen LogP contribution in [0.15, 0.2) is 24.3 Å². The monoisotopic (exact) mass is 323 g/mol. The highest BCUT2D eigenvalue weighted by Crippen LogP contribution is 2.21. The lowest BCUT2D eigenvalue weighted by Gasteiger charge is -2.27. The van der Waals surface area contributed by atoms with Gasteiger partial charge < -0.3 is 15.5 Å². The Morgan fingerprint density at radius 1 is 1.23 bits per heavy atom. The van der Waals surface area contributed by atoms with E-state index in [1.807, 2.05) is 29.2 Å². The second-order valence-electron chi connectivity index (χ2n) is 5.74. The number of carbonyl (C=O) groups excluding carboxylic acids is 2. The SMILES string of the molecule is Cl.O=C(NCc1ccc(N2CCCCC2=O)cc1)C1CNC1. The second kappa shape index (κ2) is 7.61. The summed E-state index contributed by atoms with van der Waals surface area (Å²) in [6, 6.07) is 7.90. The average molecular weight is 324 g/mol. The van der Waals surface area contributed by atoms with Gasteiger partial charge in [0.15, 0.2) is 0 Å². The van der Waals surface area contributed by atoms with E-state index in [0.29, 0.717) is 13.0 Å². The Bertz CT molecular complexity index is 529. The van der Waals surface area contributed by atoms with E-state index < -0.39 is 0 Å². The zero-order valence-corrected chi connectivity index (χ0v) is 13.3. The van der Waals surface area contributed by atoms with Crippen molar-refractivity contribution < 1.29 is 9.59 Å². The van der Waals surface area contributed by atoms with Crippen molar-refractivity contribution in [1.29, 1.82) is 0 Å². The van der Waals surface area contributed by atoms with Gasteiger partial charge in [0.1, 0.15) is 0 Å². The Labute approximate surface area is 136 Å². The van der Waals surface area contributed by atoms with Gasteiger partial charge in [-0.25, -0.2) is 0 Å². The third kappa shape index (κ3) is 3.78. The fourth-order valence-corrected chi connectivity index (χ4v) is 2.68. The first kappa shape index (κ1) is 16.8. The van der Waals surface area contributed by atoms with Crippen molar-refractivity contribution in [2.24, 2.45) is 5.92 Å². The molecule has 0 aromatic heterocycles. The first-order valence-corrected chi connectivity index (χ1v) is 7.62. The van der Waals surface area contributed by atoms with Gasteiger partial charge in [-0.1, -0.05) is 12.1 Å². The summed E-state index contributed by atoms with van der Waals surface area (Å²) in [5.41, 5.74) is 2.02. The van der Waals surface area contributed by atoms with Crippen LogP contribution in [-0.2, 0) is 16.1 Å². The van der Waals surface area contributed by atoms with E-state index in [1.54, 1.807) is 0 Å². The number of hydrogen-bond acceptors (Lipinski definition) is 3. The van der Waals surface area contributed by atoms with Crippen molar-refractivity contribution in [3.05, 3.63) is 29.8 Å². The number of anilines is 1. The van der Waals surface area contributed by atoms with Crippen LogP contribution in [0.25, 0.3) is 0 Å². The molecule has 120 valence electrons. The number of halogens is 1. The average Bonchev–Trinajstić information content (AvgIpc) is 2.44. The molecule has 0 radical (unpaired) electrons. The Hall–Kier alpha value is -1.59. The first-order valence-electron chi connectivity index (χ1n) is 7.62. The molecule has 0 saturated carbocycles. The predicted octanol–water partition coefficient (Wildman–Crippen LogP) is 1.46. The molecule has 1 aromatic rings. The molecule has 2 amide bonds. The Morgan fingerprint density at radius 3 is 2.55 bits per heavy atom. The van der Waals surface area contributed by atoms with Crippen LogP contribution in [0.1, 0.15) is 24.8 Å². The Morgan fingerprint density at radius 2 is 1.95 bits per heavy atom. The van der Waals surface area contributed by atoms with Gasteiger partial charge in [0.05, 0.1) is 5.92 Å². The first-order chi connectivity index (χ1) is 10.2. The van der Waals surface area contributed by atoms with Gasteiger partial charge in [0, 0.05) is 38.3 Å². The third-order valence-corrected chi connectivity index (χ3v) is 4.19. The molecule has 5 nitrogen and oxygen atoms in total. The van der Waals surface area contributed by atoms with Gasteiger partial charge in [-0.05, 0) is 30.5 Å². The number of benzene rings is 1. The topological polar surface area (TPSA) is 61.4 Å². The molecule has 0 atom stereocenters. The number of nitrogens with zero attached hydrogens (tertiary/aromatic N) is 1. The van der Waals surface area contributed by atoms with E-state index in [9.17, 15) is 9.59 Å². The summed E-state index contributed by atoms with van der Waals surface area (Å²) in [5.74, 6) is 0.444. The van der Waals surface area contributed by atoms with Crippen molar-refractivity contribution in [3.8, 4) is 0 Å². The smallest absolute Gasteiger partial charge is 0.226 e. The van der Waals surface area contributed by atoms with Crippen molar-refractivity contribution in [2.45, 2.75) is 25.8 Å². The lowest BCUT2D eigenvalue weighted by molar-refractivity contribution is -0.126. The van der Waals surface area contributed by atoms with Gasteiger partial charge in [-0.15, -0.1) is 12.4 Å². The molecule has 1 aromatic carbocycles. The van der Waals surface area contributed by atoms with Gasteiger partial charge in [-0.3, -0.25) is 9.59 Å². The van der Waals surface area contributed by atoms with Crippen LogP contribution in [0, 0.1) is 5.92 Å². The van der Waals surface area contributed by atoms with Crippen molar-refractivity contribution >= 4 is 29.9 Å². The zero-order chi connectivity index (χ0) is 14.7. The number of carbonyl (C=O) groups is 2. The van der Waals surface area contributed by atoms with E-state index in [-0.39, 0.29) is 30.1 Å². The fraction of sp³-hybridized carbons (Fsp3) is 0.500. The van der Waals surface area contributed by atoms with Crippen LogP contribution < -0.4 is 15.5 Å². The highest BCUT2D eigenvalue weighted by molar-refractivity contribution is 5.93. The minimum Gasteiger partial charge on any atom is -0.352 e. The Balaban J connectivity index is 0.00000176. The number of rotatable bonds is 4. The van der Waals surface area contributed by atoms with Crippen LogP contribution in [0.4, 0.5) is 5.69 Å². The number of hydrogen-bond donors (Lipinski definition) is 2. The standard InChI is InChI=1S/C16H21N3O2.ClH/c20-15-3-1-2-8-19(15)14-6-4-12(5-7-14)9-18-16(21)13-10-17-11-13;/h4-7,13,17H,1-3,8-11H2,(H,18,21);1H. The summed E-state index contributed by atoms with van der Waals surface area (Å²) in [7, 11) is 0. The normalized spacial score (nSPS) is 18.4. The van der Waals surface area contributed by atoms with E-state index in [2.05, 4.69) is 10.6 Å². The van der Waals surface area contributed by atoms with E-state index >= 15 is 0 Å². The Kier molecular flexibility index (Phi) is 5.80. The molecule has 0 bridgehead atoms. The number of nitrogens with one attached hydrogen (secondary N) is 2. The van der Waals surface area contributed by atoms with Crippen LogP contribution >= 0.6 is 12.4 Å². The van der Waals surface area contributed by atoms with E-state index in [4.69, 9.17) is 0 Å². The largest absolute Gasteiger partial charge is 0.352 e. The van der Waals surface area contributed by atoms with Crippen LogP contribution in [-0.4, -0.2) is 31.4 Å². The highest BCUT2D eigenvalue weighted by Gasteiger charge is 2.24. The minimum atomic E-state index is 0. The molecule has 0 unspecified atom stereocenters. The quantitative estimate of drug-likeness (QED) is 0.882. The minimum absolute atomic E-state index is 0. The molecule has 0 spiro atoms. The molecule has 2 aliphatic rings. The molecular formula is C16H22ClN3O2. The third-order valence-electron chi connectivity index (χ3n) is 4.19. The number of piperidine rings is 1. The summed E-state index contributed by atoms with van der Waals surface area (Å²) in [5, 5.41) is 6.04. The molecule has 6 heteroatoms. The molecule has 2 saturated heterocycles. The van der Waals surface area contributed by atoms with Crippen molar-refractivity contribution in [1.82, 2.24) is 10.6 Å². The molecule has 22 heavy (non-hydrogen) atoms. The highest BCUT2D eigenvalue weighted by atomic mass is 35.5. The van der Waals surface area contributed by atoms with Crippen LogP contribution in [0.2, 0.25) is 0 Å². The lowest BCUT2D eigenvalue weighted by atomic mass is 10.0. The lowest BCUT2D eigenvalue weighted by Crippen LogP contribution is -2.50. The molecule has 2 fully saturated rings.